The van der Waals surface area contributed by atoms with Crippen LogP contribution in [0.1, 0.15) is 0 Å². The maximum atomic E-state index is 6.41. The van der Waals surface area contributed by atoms with Crippen molar-refractivity contribution in [1.82, 2.24) is 14.5 Å². The summed E-state index contributed by atoms with van der Waals surface area (Å²) in [6.07, 6.45) is 1.79. The first kappa shape index (κ1) is 27.3. The van der Waals surface area contributed by atoms with Crippen molar-refractivity contribution in [2.45, 2.75) is 0 Å². The van der Waals surface area contributed by atoms with E-state index in [4.69, 9.17) is 14.5 Å². The normalized spacial score (nSPS) is 12.7. The van der Waals surface area contributed by atoms with Crippen LogP contribution in [0.5, 0.6) is 23.0 Å². The zero-order valence-electron chi connectivity index (χ0n) is 26.1. The molecule has 4 heterocycles. The number of imidazole rings is 1. The van der Waals surface area contributed by atoms with Crippen molar-refractivity contribution >= 4 is 45.3 Å². The smallest absolute Gasteiger partial charge is 0.178 e. The molecule has 0 amide bonds. The number of hydrogen-bond acceptors (Lipinski definition) is 6. The van der Waals surface area contributed by atoms with Crippen LogP contribution in [0.4, 0.5) is 34.1 Å². The lowest BCUT2D eigenvalue weighted by Gasteiger charge is -2.35. The topological polar surface area (TPSA) is 55.7 Å². The van der Waals surface area contributed by atoms with Crippen LogP contribution in [-0.2, 0) is 0 Å². The molecule has 0 spiro atoms. The monoisotopic (exact) mass is 633 g/mol. The Morgan fingerprint density at radius 1 is 0.429 bits per heavy atom. The van der Waals surface area contributed by atoms with Gasteiger partial charge in [-0.25, -0.2) is 9.97 Å². The van der Waals surface area contributed by atoms with Crippen molar-refractivity contribution in [3.05, 3.63) is 164 Å². The molecule has 2 aromatic heterocycles. The van der Waals surface area contributed by atoms with Gasteiger partial charge in [0.2, 0.25) is 0 Å². The van der Waals surface area contributed by atoms with Gasteiger partial charge in [-0.1, -0.05) is 66.7 Å². The molecule has 0 atom stereocenters. The first-order chi connectivity index (χ1) is 24.3. The van der Waals surface area contributed by atoms with Gasteiger partial charge in [0.15, 0.2) is 28.6 Å². The number of pyridine rings is 1. The van der Waals surface area contributed by atoms with Crippen LogP contribution in [0.3, 0.4) is 0 Å². The number of nitrogens with zero attached hydrogens (tertiary/aromatic N) is 5. The van der Waals surface area contributed by atoms with Gasteiger partial charge in [-0.3, -0.25) is 4.57 Å². The highest BCUT2D eigenvalue weighted by atomic mass is 16.5. The Balaban J connectivity index is 1.29. The number of hydrogen-bond donors (Lipinski definition) is 0. The zero-order chi connectivity index (χ0) is 32.3. The minimum atomic E-state index is 0.678. The Bertz CT molecular complexity index is 2340. The van der Waals surface area contributed by atoms with Gasteiger partial charge < -0.3 is 19.3 Å². The number of aromatic nitrogens is 3. The van der Waals surface area contributed by atoms with E-state index in [1.165, 1.54) is 0 Å². The average Bonchev–Trinajstić information content (AvgIpc) is 3.56. The van der Waals surface area contributed by atoms with E-state index in [9.17, 15) is 0 Å². The van der Waals surface area contributed by atoms with Crippen molar-refractivity contribution in [3.8, 4) is 40.1 Å². The predicted octanol–water partition coefficient (Wildman–Crippen LogP) is 11.2. The van der Waals surface area contributed by atoms with E-state index in [1.807, 2.05) is 97.1 Å². The highest BCUT2D eigenvalue weighted by Crippen LogP contribution is 2.54. The molecular weight excluding hydrogens is 606 g/mol. The summed E-state index contributed by atoms with van der Waals surface area (Å²) in [5.74, 6) is 3.94. The van der Waals surface area contributed by atoms with E-state index in [0.717, 1.165) is 79.7 Å². The number of rotatable bonds is 4. The highest BCUT2D eigenvalue weighted by Gasteiger charge is 2.30. The highest BCUT2D eigenvalue weighted by molar-refractivity contribution is 5.93. The van der Waals surface area contributed by atoms with Gasteiger partial charge in [0, 0.05) is 28.8 Å². The summed E-state index contributed by atoms with van der Waals surface area (Å²) < 4.78 is 15.0. The van der Waals surface area contributed by atoms with Crippen LogP contribution in [0.2, 0.25) is 0 Å². The fraction of sp³-hybridized carbons (Fsp3) is 0. The second kappa shape index (κ2) is 10.9. The largest absolute Gasteiger partial charge is 0.453 e. The third-order valence-corrected chi connectivity index (χ3v) is 8.99. The van der Waals surface area contributed by atoms with Gasteiger partial charge in [-0.15, -0.1) is 0 Å². The third-order valence-electron chi connectivity index (χ3n) is 8.99. The lowest BCUT2D eigenvalue weighted by molar-refractivity contribution is 0.477. The molecule has 0 radical (unpaired) electrons. The number of fused-ring (bicyclic) bond motifs is 5. The third kappa shape index (κ3) is 4.37. The van der Waals surface area contributed by atoms with E-state index >= 15 is 0 Å². The van der Waals surface area contributed by atoms with Crippen molar-refractivity contribution < 1.29 is 9.47 Å². The van der Waals surface area contributed by atoms with E-state index in [2.05, 4.69) is 80.0 Å². The maximum Gasteiger partial charge on any atom is 0.178 e. The minimum Gasteiger partial charge on any atom is -0.453 e. The van der Waals surface area contributed by atoms with Crippen LogP contribution in [0, 0.1) is 0 Å². The van der Waals surface area contributed by atoms with Crippen molar-refractivity contribution in [3.63, 3.8) is 0 Å². The quantitative estimate of drug-likeness (QED) is 0.192. The molecular formula is C42H27N5O2. The molecule has 7 heteroatoms. The van der Waals surface area contributed by atoms with E-state index < -0.39 is 0 Å². The van der Waals surface area contributed by atoms with Crippen LogP contribution in [0.25, 0.3) is 28.2 Å². The number of anilines is 6. The van der Waals surface area contributed by atoms with Crippen LogP contribution in [0.15, 0.2) is 164 Å². The molecule has 0 unspecified atom stereocenters. The fourth-order valence-electron chi connectivity index (χ4n) is 6.89. The molecule has 0 N–H and O–H groups in total. The Labute approximate surface area is 282 Å². The SMILES string of the molecule is c1ccc(-n2c(-c3cc(N4c5ccccc5Oc5ccccc54)cc(N4c5ccccc5Oc5ccccc54)c3)nc3ncccc32)cc1. The second-order valence-electron chi connectivity index (χ2n) is 11.9. The molecule has 0 saturated carbocycles. The first-order valence-corrected chi connectivity index (χ1v) is 16.2. The molecule has 7 nitrogen and oxygen atoms in total. The molecule has 2 aliphatic heterocycles. The van der Waals surface area contributed by atoms with Crippen molar-refractivity contribution in [2.75, 3.05) is 9.80 Å². The molecule has 8 aromatic rings. The Kier molecular flexibility index (Phi) is 6.04. The molecule has 49 heavy (non-hydrogen) atoms. The predicted molar refractivity (Wildman–Crippen MR) is 194 cm³/mol. The Hall–Kier alpha value is -6.86. The number of para-hydroxylation sites is 9. The molecule has 2 aliphatic rings. The molecule has 6 aromatic carbocycles. The van der Waals surface area contributed by atoms with Crippen LogP contribution < -0.4 is 19.3 Å². The fourth-order valence-corrected chi connectivity index (χ4v) is 6.89. The summed E-state index contributed by atoms with van der Waals surface area (Å²) in [6, 6.07) is 53.6. The van der Waals surface area contributed by atoms with Gasteiger partial charge in [-0.05, 0) is 91.0 Å². The number of ether oxygens (including phenoxy) is 2. The summed E-state index contributed by atoms with van der Waals surface area (Å²) in [4.78, 5) is 14.4. The summed E-state index contributed by atoms with van der Waals surface area (Å²) in [6.45, 7) is 0. The van der Waals surface area contributed by atoms with Crippen LogP contribution in [-0.4, -0.2) is 14.5 Å². The van der Waals surface area contributed by atoms with Gasteiger partial charge in [0.1, 0.15) is 5.82 Å². The summed E-state index contributed by atoms with van der Waals surface area (Å²) in [7, 11) is 0. The lowest BCUT2D eigenvalue weighted by Crippen LogP contribution is -2.18. The summed E-state index contributed by atoms with van der Waals surface area (Å²) >= 11 is 0. The lowest BCUT2D eigenvalue weighted by atomic mass is 10.1. The maximum absolute atomic E-state index is 6.41. The molecule has 0 aliphatic carbocycles. The number of benzene rings is 6. The Morgan fingerprint density at radius 3 is 1.41 bits per heavy atom. The zero-order valence-corrected chi connectivity index (χ0v) is 26.1. The minimum absolute atomic E-state index is 0.678. The molecule has 0 bridgehead atoms. The van der Waals surface area contributed by atoms with Gasteiger partial charge >= 0.3 is 0 Å². The van der Waals surface area contributed by atoms with E-state index in [-0.39, 0.29) is 0 Å². The average molecular weight is 634 g/mol. The summed E-state index contributed by atoms with van der Waals surface area (Å²) in [5, 5.41) is 0. The standard InChI is InChI=1S/C42H27N5O2/c1-2-13-29(14-3-1)47-36-19-12-24-43-41(36)44-42(47)28-25-30(45-32-15-4-8-20-37(32)48-38-21-9-5-16-33(38)45)27-31(26-28)46-34-17-6-10-22-39(34)49-40-23-11-7-18-35(40)46/h1-27H. The van der Waals surface area contributed by atoms with Crippen LogP contribution >= 0.6 is 0 Å². The second-order valence-corrected chi connectivity index (χ2v) is 11.9. The molecule has 0 saturated heterocycles. The first-order valence-electron chi connectivity index (χ1n) is 16.2. The van der Waals surface area contributed by atoms with Crippen molar-refractivity contribution in [2.24, 2.45) is 0 Å². The molecule has 0 fully saturated rings. The van der Waals surface area contributed by atoms with E-state index in [0.29, 0.717) is 5.65 Å². The van der Waals surface area contributed by atoms with Gasteiger partial charge in [0.25, 0.3) is 0 Å². The van der Waals surface area contributed by atoms with Crippen molar-refractivity contribution in [1.29, 1.82) is 0 Å². The molecule has 232 valence electrons. The Morgan fingerprint density at radius 2 is 0.898 bits per heavy atom. The molecule has 10 rings (SSSR count). The van der Waals surface area contributed by atoms with E-state index in [1.54, 1.807) is 6.20 Å². The summed E-state index contributed by atoms with van der Waals surface area (Å²) in [5.41, 5.74) is 9.25. The van der Waals surface area contributed by atoms with Gasteiger partial charge in [0.05, 0.1) is 28.3 Å². The van der Waals surface area contributed by atoms with Gasteiger partial charge in [-0.2, -0.15) is 0 Å².